The van der Waals surface area contributed by atoms with Crippen molar-refractivity contribution in [2.24, 2.45) is 4.99 Å². The molecule has 0 saturated carbocycles. The van der Waals surface area contributed by atoms with Gasteiger partial charge in [0.05, 0.1) is 0 Å². The fourth-order valence-electron chi connectivity index (χ4n) is 0.137. The van der Waals surface area contributed by atoms with Crippen LogP contribution in [0.1, 0.15) is 13.8 Å². The zero-order valence-corrected chi connectivity index (χ0v) is 4.86. The van der Waals surface area contributed by atoms with E-state index < -0.39 is 0 Å². The van der Waals surface area contributed by atoms with Gasteiger partial charge < -0.3 is 0 Å². The van der Waals surface area contributed by atoms with Gasteiger partial charge in [-0.1, -0.05) is 0 Å². The van der Waals surface area contributed by atoms with E-state index in [0.29, 0.717) is 0 Å². The molecule has 0 rings (SSSR count). The summed E-state index contributed by atoms with van der Waals surface area (Å²) in [6, 6.07) is 0. The van der Waals surface area contributed by atoms with Gasteiger partial charge in [-0.15, -0.1) is 0 Å². The quantitative estimate of drug-likeness (QED) is 0.250. The average Bonchev–Trinajstić information content (AvgIpc) is 1.30. The number of aliphatic imine (C=N–C) groups is 1. The normalized spacial score (nSPS) is 10.0. The number of hydrogen-bond donors (Lipinski definition) is 0. The number of nitrogens with zero attached hydrogens (tertiary/aromatic N) is 1. The van der Waals surface area contributed by atoms with E-state index in [9.17, 15) is 4.79 Å². The van der Waals surface area contributed by atoms with Crippen LogP contribution in [0.4, 0.5) is 0 Å². The summed E-state index contributed by atoms with van der Waals surface area (Å²) in [4.78, 5) is 13.0. The summed E-state index contributed by atoms with van der Waals surface area (Å²) >= 11 is 0. The molecule has 0 fully saturated rings. The molecule has 0 bridgehead atoms. The largest absolute Gasteiger partial charge is 0.234 e. The van der Waals surface area contributed by atoms with E-state index in [2.05, 4.69) is 4.99 Å². The van der Waals surface area contributed by atoms with Gasteiger partial charge in [0.2, 0.25) is 6.08 Å². The number of hydrogen-bond acceptors (Lipinski definition) is 2. The molecule has 0 aromatic rings. The predicted octanol–water partition coefficient (Wildman–Crippen LogP) is -0.309. The standard InChI is InChI=1S/C4H8BNO/c1-4(2,5)6-3-7/h5H2,1-2H3. The minimum absolute atomic E-state index is 0.248. The molecule has 3 heteroatoms. The van der Waals surface area contributed by atoms with Crippen molar-refractivity contribution >= 4 is 13.9 Å². The Hall–Kier alpha value is -0.555. The molecular formula is C4H8BNO. The van der Waals surface area contributed by atoms with Gasteiger partial charge in [0.1, 0.15) is 7.85 Å². The van der Waals surface area contributed by atoms with E-state index in [1.54, 1.807) is 0 Å². The third-order valence-corrected chi connectivity index (χ3v) is 0.381. The first kappa shape index (κ1) is 6.44. The summed E-state index contributed by atoms with van der Waals surface area (Å²) in [6.07, 6.45) is 1.48. The van der Waals surface area contributed by atoms with Crippen LogP contribution < -0.4 is 0 Å². The maximum atomic E-state index is 9.53. The average molecular weight is 96.9 g/mol. The molecule has 0 heterocycles. The summed E-state index contributed by atoms with van der Waals surface area (Å²) in [5.41, 5.74) is -0.248. The summed E-state index contributed by atoms with van der Waals surface area (Å²) in [6.45, 7) is 3.69. The minimum Gasteiger partial charge on any atom is -0.211 e. The Bertz CT molecular complexity index is 98.7. The molecule has 0 aliphatic rings. The molecular weight excluding hydrogens is 88.9 g/mol. The van der Waals surface area contributed by atoms with E-state index in [1.807, 2.05) is 21.7 Å². The molecule has 0 unspecified atom stereocenters. The van der Waals surface area contributed by atoms with Gasteiger partial charge in [-0.05, 0) is 13.8 Å². The fourth-order valence-corrected chi connectivity index (χ4v) is 0.137. The maximum Gasteiger partial charge on any atom is 0.234 e. The van der Waals surface area contributed by atoms with E-state index in [-0.39, 0.29) is 5.44 Å². The van der Waals surface area contributed by atoms with Crippen LogP contribution in [0.5, 0.6) is 0 Å². The van der Waals surface area contributed by atoms with Gasteiger partial charge in [-0.2, -0.15) is 0 Å². The lowest BCUT2D eigenvalue weighted by molar-refractivity contribution is 0.557. The Morgan fingerprint density at radius 2 is 2.14 bits per heavy atom. The molecule has 38 valence electrons. The van der Waals surface area contributed by atoms with Crippen LogP contribution in [0.15, 0.2) is 4.99 Å². The van der Waals surface area contributed by atoms with Crippen molar-refractivity contribution in [2.75, 3.05) is 0 Å². The zero-order valence-electron chi connectivity index (χ0n) is 4.86. The van der Waals surface area contributed by atoms with Crippen molar-refractivity contribution in [2.45, 2.75) is 19.3 Å². The molecule has 0 N–H and O–H groups in total. The van der Waals surface area contributed by atoms with E-state index >= 15 is 0 Å². The lowest BCUT2D eigenvalue weighted by Gasteiger charge is -2.05. The molecule has 0 aliphatic carbocycles. The SMILES string of the molecule is BC(C)(C)N=C=O. The van der Waals surface area contributed by atoms with Crippen molar-refractivity contribution in [3.05, 3.63) is 0 Å². The molecule has 0 atom stereocenters. The minimum atomic E-state index is -0.248. The van der Waals surface area contributed by atoms with E-state index in [4.69, 9.17) is 0 Å². The van der Waals surface area contributed by atoms with Gasteiger partial charge in [0.25, 0.3) is 0 Å². The first-order valence-corrected chi connectivity index (χ1v) is 2.15. The molecule has 7 heavy (non-hydrogen) atoms. The van der Waals surface area contributed by atoms with Crippen LogP contribution in [0.25, 0.3) is 0 Å². The van der Waals surface area contributed by atoms with Crippen LogP contribution in [0, 0.1) is 0 Å². The lowest BCUT2D eigenvalue weighted by Crippen LogP contribution is -2.14. The summed E-state index contributed by atoms with van der Waals surface area (Å²) in [7, 11) is 1.85. The molecule has 0 spiro atoms. The molecule has 0 saturated heterocycles. The predicted molar refractivity (Wildman–Crippen MR) is 30.7 cm³/mol. The first-order chi connectivity index (χ1) is 3.06. The molecule has 0 radical (unpaired) electrons. The van der Waals surface area contributed by atoms with Crippen molar-refractivity contribution in [1.29, 1.82) is 0 Å². The summed E-state index contributed by atoms with van der Waals surface area (Å²) in [5, 5.41) is 0. The lowest BCUT2D eigenvalue weighted by atomic mass is 9.83. The highest BCUT2D eigenvalue weighted by Crippen LogP contribution is 1.97. The fraction of sp³-hybridized carbons (Fsp3) is 0.750. The second-order valence-electron chi connectivity index (χ2n) is 2.37. The van der Waals surface area contributed by atoms with E-state index in [1.165, 1.54) is 6.08 Å². The Labute approximate surface area is 44.0 Å². The zero-order chi connectivity index (χ0) is 5.91. The first-order valence-electron chi connectivity index (χ1n) is 2.15. The van der Waals surface area contributed by atoms with Gasteiger partial charge in [0.15, 0.2) is 0 Å². The molecule has 0 amide bonds. The third kappa shape index (κ3) is 5.44. The highest BCUT2D eigenvalue weighted by atomic mass is 16.1. The Balaban J connectivity index is 3.80. The van der Waals surface area contributed by atoms with Crippen LogP contribution in [0.2, 0.25) is 0 Å². The maximum absolute atomic E-state index is 9.53. The van der Waals surface area contributed by atoms with Crippen molar-refractivity contribution in [3.63, 3.8) is 0 Å². The van der Waals surface area contributed by atoms with Gasteiger partial charge in [-0.25, -0.2) is 9.79 Å². The highest BCUT2D eigenvalue weighted by molar-refractivity contribution is 6.15. The van der Waals surface area contributed by atoms with Crippen LogP contribution in [0.3, 0.4) is 0 Å². The second kappa shape index (κ2) is 1.94. The monoisotopic (exact) mass is 97.1 g/mol. The summed E-state index contributed by atoms with van der Waals surface area (Å²) < 4.78 is 0. The molecule has 2 nitrogen and oxygen atoms in total. The molecule has 0 aromatic carbocycles. The molecule has 0 aromatic heterocycles. The van der Waals surface area contributed by atoms with Crippen LogP contribution in [-0.2, 0) is 4.79 Å². The number of rotatable bonds is 1. The van der Waals surface area contributed by atoms with Gasteiger partial charge in [-0.3, -0.25) is 0 Å². The van der Waals surface area contributed by atoms with Crippen LogP contribution in [-0.4, -0.2) is 19.4 Å². The number of isocyanates is 1. The van der Waals surface area contributed by atoms with E-state index in [0.717, 1.165) is 0 Å². The Kier molecular flexibility index (Phi) is 1.79. The van der Waals surface area contributed by atoms with Crippen LogP contribution >= 0.6 is 0 Å². The topological polar surface area (TPSA) is 29.4 Å². The van der Waals surface area contributed by atoms with Crippen molar-refractivity contribution in [3.8, 4) is 0 Å². The van der Waals surface area contributed by atoms with Gasteiger partial charge in [0, 0.05) is 5.44 Å². The number of carbonyl (C=O) groups excluding carboxylic acids is 1. The highest BCUT2D eigenvalue weighted by Gasteiger charge is 2.04. The third-order valence-electron chi connectivity index (χ3n) is 0.381. The van der Waals surface area contributed by atoms with Gasteiger partial charge >= 0.3 is 0 Å². The Morgan fingerprint density at radius 1 is 1.71 bits per heavy atom. The Morgan fingerprint density at radius 3 is 2.14 bits per heavy atom. The second-order valence-corrected chi connectivity index (χ2v) is 2.37. The van der Waals surface area contributed by atoms with Crippen molar-refractivity contribution in [1.82, 2.24) is 0 Å². The van der Waals surface area contributed by atoms with Crippen molar-refractivity contribution < 1.29 is 4.79 Å². The smallest absolute Gasteiger partial charge is 0.211 e. The molecule has 0 aliphatic heterocycles. The summed E-state index contributed by atoms with van der Waals surface area (Å²) in [5.74, 6) is 0.